The molecule has 1 aliphatic rings. The van der Waals surface area contributed by atoms with Gasteiger partial charge < -0.3 is 5.11 Å². The lowest BCUT2D eigenvalue weighted by Crippen LogP contribution is -2.58. The van der Waals surface area contributed by atoms with E-state index in [4.69, 9.17) is 0 Å². The molecule has 0 aliphatic carbocycles. The number of hydrogen-bond donors (Lipinski definition) is 2. The van der Waals surface area contributed by atoms with Gasteiger partial charge in [-0.3, -0.25) is 4.79 Å². The topological polar surface area (TPSA) is 86.7 Å². The highest BCUT2D eigenvalue weighted by Crippen LogP contribution is 2.36. The van der Waals surface area contributed by atoms with Gasteiger partial charge in [0.15, 0.2) is 0 Å². The molecular weight excluding hydrogens is 268 g/mol. The Morgan fingerprint density at radius 3 is 2.42 bits per heavy atom. The Kier molecular flexibility index (Phi) is 4.64. The number of nitrogens with zero attached hydrogens (tertiary/aromatic N) is 1. The molecule has 1 atom stereocenters. The van der Waals surface area contributed by atoms with E-state index in [2.05, 4.69) is 4.72 Å². The van der Waals surface area contributed by atoms with E-state index in [1.807, 2.05) is 6.92 Å². The minimum absolute atomic E-state index is 0.262. The summed E-state index contributed by atoms with van der Waals surface area (Å²) in [6.07, 6.45) is 1.93. The maximum absolute atomic E-state index is 12.4. The lowest BCUT2D eigenvalue weighted by Gasteiger charge is -2.35. The molecule has 112 valence electrons. The fraction of sp³-hybridized carbons (Fsp3) is 0.917. The maximum Gasteiger partial charge on any atom is 0.325 e. The molecule has 0 spiro atoms. The molecule has 0 amide bonds. The Bertz CT molecular complexity index is 441. The molecule has 0 aromatic rings. The van der Waals surface area contributed by atoms with Gasteiger partial charge in [0.05, 0.1) is 0 Å². The molecule has 0 saturated carbocycles. The molecule has 0 aromatic carbocycles. The van der Waals surface area contributed by atoms with Crippen molar-refractivity contribution in [2.75, 3.05) is 6.54 Å². The van der Waals surface area contributed by atoms with E-state index in [-0.39, 0.29) is 6.54 Å². The Morgan fingerprint density at radius 1 is 1.42 bits per heavy atom. The third kappa shape index (κ3) is 3.46. The van der Waals surface area contributed by atoms with Crippen LogP contribution in [0.1, 0.15) is 53.4 Å². The smallest absolute Gasteiger partial charge is 0.325 e. The van der Waals surface area contributed by atoms with Gasteiger partial charge >= 0.3 is 5.97 Å². The zero-order valence-electron chi connectivity index (χ0n) is 12.1. The van der Waals surface area contributed by atoms with Crippen LogP contribution in [0.25, 0.3) is 0 Å². The summed E-state index contributed by atoms with van der Waals surface area (Å²) in [4.78, 5) is 11.6. The molecule has 19 heavy (non-hydrogen) atoms. The Morgan fingerprint density at radius 2 is 2.00 bits per heavy atom. The van der Waals surface area contributed by atoms with E-state index >= 15 is 0 Å². The van der Waals surface area contributed by atoms with Gasteiger partial charge in [-0.25, -0.2) is 0 Å². The van der Waals surface area contributed by atoms with Crippen LogP contribution in [-0.2, 0) is 15.0 Å². The molecule has 6 nitrogen and oxygen atoms in total. The molecule has 1 unspecified atom stereocenters. The fourth-order valence-corrected chi connectivity index (χ4v) is 4.60. The number of nitrogens with one attached hydrogen (secondary N) is 1. The predicted octanol–water partition coefficient (Wildman–Crippen LogP) is 1.34. The highest BCUT2D eigenvalue weighted by Gasteiger charge is 2.52. The standard InChI is InChI=1S/C12H24N2O4S/c1-5-7-12(10(15)16)8-6-9-14(12)19(17,18)13-11(2,3)4/h13H,5-9H2,1-4H3,(H,15,16). The van der Waals surface area contributed by atoms with Crippen LogP contribution in [0.2, 0.25) is 0 Å². The Labute approximate surface area is 115 Å². The van der Waals surface area contributed by atoms with Gasteiger partial charge in [-0.05, 0) is 40.0 Å². The first kappa shape index (κ1) is 16.4. The molecule has 1 heterocycles. The minimum atomic E-state index is -3.79. The maximum atomic E-state index is 12.4. The summed E-state index contributed by atoms with van der Waals surface area (Å²) in [6, 6.07) is 0. The lowest BCUT2D eigenvalue weighted by molar-refractivity contribution is -0.147. The normalized spacial score (nSPS) is 25.7. The monoisotopic (exact) mass is 292 g/mol. The van der Waals surface area contributed by atoms with E-state index in [1.165, 1.54) is 0 Å². The SMILES string of the molecule is CCCC1(C(=O)O)CCCN1S(=O)(=O)NC(C)(C)C. The van der Waals surface area contributed by atoms with Crippen LogP contribution in [0.5, 0.6) is 0 Å². The van der Waals surface area contributed by atoms with Crippen LogP contribution in [0.15, 0.2) is 0 Å². The van der Waals surface area contributed by atoms with Crippen LogP contribution in [0, 0.1) is 0 Å². The van der Waals surface area contributed by atoms with Gasteiger partial charge in [0.2, 0.25) is 0 Å². The van der Waals surface area contributed by atoms with Gasteiger partial charge in [0, 0.05) is 12.1 Å². The molecule has 0 aromatic heterocycles. The van der Waals surface area contributed by atoms with Crippen LogP contribution >= 0.6 is 0 Å². The van der Waals surface area contributed by atoms with Gasteiger partial charge in [-0.1, -0.05) is 13.3 Å². The first-order valence-electron chi connectivity index (χ1n) is 6.60. The zero-order valence-corrected chi connectivity index (χ0v) is 12.9. The van der Waals surface area contributed by atoms with Gasteiger partial charge in [-0.15, -0.1) is 0 Å². The minimum Gasteiger partial charge on any atom is -0.480 e. The molecule has 0 bridgehead atoms. The fourth-order valence-electron chi connectivity index (χ4n) is 2.63. The zero-order chi connectivity index (χ0) is 14.9. The second-order valence-corrected chi connectivity index (χ2v) is 7.71. The number of carboxylic acid groups (broad SMARTS) is 1. The van der Waals surface area contributed by atoms with Crippen molar-refractivity contribution in [3.8, 4) is 0 Å². The van der Waals surface area contributed by atoms with Gasteiger partial charge in [0.1, 0.15) is 5.54 Å². The van der Waals surface area contributed by atoms with Crippen molar-refractivity contribution in [2.24, 2.45) is 0 Å². The van der Waals surface area contributed by atoms with Crippen LogP contribution < -0.4 is 4.72 Å². The van der Waals surface area contributed by atoms with Crippen molar-refractivity contribution in [2.45, 2.75) is 64.5 Å². The third-order valence-electron chi connectivity index (χ3n) is 3.22. The Hall–Kier alpha value is -0.660. The molecule has 1 saturated heterocycles. The highest BCUT2D eigenvalue weighted by atomic mass is 32.2. The molecule has 1 aliphatic heterocycles. The highest BCUT2D eigenvalue weighted by molar-refractivity contribution is 7.87. The number of carbonyl (C=O) groups is 1. The molecule has 1 fully saturated rings. The largest absolute Gasteiger partial charge is 0.480 e. The van der Waals surface area contributed by atoms with Crippen LogP contribution in [-0.4, -0.2) is 41.4 Å². The molecular formula is C12H24N2O4S. The van der Waals surface area contributed by atoms with Crippen molar-refractivity contribution in [3.05, 3.63) is 0 Å². The van der Waals surface area contributed by atoms with Crippen LogP contribution in [0.4, 0.5) is 0 Å². The summed E-state index contributed by atoms with van der Waals surface area (Å²) in [5.74, 6) is -1.05. The van der Waals surface area contributed by atoms with Crippen molar-refractivity contribution in [1.82, 2.24) is 9.03 Å². The first-order valence-corrected chi connectivity index (χ1v) is 8.04. The van der Waals surface area contributed by atoms with E-state index in [1.54, 1.807) is 20.8 Å². The number of hydrogen-bond acceptors (Lipinski definition) is 3. The van der Waals surface area contributed by atoms with E-state index in [0.717, 1.165) is 4.31 Å². The van der Waals surface area contributed by atoms with Crippen LogP contribution in [0.3, 0.4) is 0 Å². The van der Waals surface area contributed by atoms with Crippen molar-refractivity contribution >= 4 is 16.2 Å². The lowest BCUT2D eigenvalue weighted by atomic mass is 9.92. The first-order chi connectivity index (χ1) is 8.55. The Balaban J connectivity index is 3.13. The third-order valence-corrected chi connectivity index (χ3v) is 5.20. The second-order valence-electron chi connectivity index (χ2n) is 6.12. The van der Waals surface area contributed by atoms with E-state index < -0.39 is 27.3 Å². The second kappa shape index (κ2) is 5.38. The predicted molar refractivity (Wildman–Crippen MR) is 73.0 cm³/mol. The molecule has 0 radical (unpaired) electrons. The average molecular weight is 292 g/mol. The summed E-state index contributed by atoms with van der Waals surface area (Å²) in [6.45, 7) is 7.34. The van der Waals surface area contributed by atoms with Gasteiger partial charge in [0.25, 0.3) is 10.2 Å². The van der Waals surface area contributed by atoms with E-state index in [0.29, 0.717) is 25.7 Å². The quantitative estimate of drug-likeness (QED) is 0.800. The summed E-state index contributed by atoms with van der Waals surface area (Å²) >= 11 is 0. The summed E-state index contributed by atoms with van der Waals surface area (Å²) < 4.78 is 28.5. The molecule has 1 rings (SSSR count). The molecule has 7 heteroatoms. The number of carboxylic acids is 1. The van der Waals surface area contributed by atoms with Crippen molar-refractivity contribution < 1.29 is 18.3 Å². The van der Waals surface area contributed by atoms with Crippen molar-refractivity contribution in [1.29, 1.82) is 0 Å². The molecule has 2 N–H and O–H groups in total. The number of rotatable bonds is 5. The van der Waals surface area contributed by atoms with Gasteiger partial charge in [-0.2, -0.15) is 17.4 Å². The summed E-state index contributed by atoms with van der Waals surface area (Å²) in [7, 11) is -3.79. The summed E-state index contributed by atoms with van der Waals surface area (Å²) in [5.41, 5.74) is -1.91. The average Bonchev–Trinajstić information content (AvgIpc) is 2.60. The van der Waals surface area contributed by atoms with E-state index in [9.17, 15) is 18.3 Å². The summed E-state index contributed by atoms with van der Waals surface area (Å²) in [5, 5.41) is 9.49. The van der Waals surface area contributed by atoms with Crippen molar-refractivity contribution in [3.63, 3.8) is 0 Å². The number of aliphatic carboxylic acids is 1.